The van der Waals surface area contributed by atoms with Gasteiger partial charge in [-0.3, -0.25) is 8.98 Å². The van der Waals surface area contributed by atoms with E-state index in [0.717, 1.165) is 24.0 Å². The molecule has 0 aliphatic carbocycles. The molecule has 2 aromatic rings. The number of rotatable bonds is 8. The van der Waals surface area contributed by atoms with Crippen LogP contribution in [-0.4, -0.2) is 58.6 Å². The van der Waals surface area contributed by atoms with E-state index >= 15 is 0 Å². The molecule has 1 unspecified atom stereocenters. The smallest absolute Gasteiger partial charge is 0.496 e. The van der Waals surface area contributed by atoms with Gasteiger partial charge in [0.15, 0.2) is 0 Å². The summed E-state index contributed by atoms with van der Waals surface area (Å²) in [5.41, 5.74) is 0.281. The topological polar surface area (TPSA) is 82.1 Å². The SMILES string of the molecule is COc1ccc(OC(F)(F)F)cc1C(=O)N1CCC(CCOS(C)(=O)=O)(c2ccccc2)C1. The number of alkyl halides is 3. The average molecular weight is 487 g/mol. The van der Waals surface area contributed by atoms with E-state index in [1.165, 1.54) is 18.1 Å². The van der Waals surface area contributed by atoms with Crippen molar-refractivity contribution in [3.63, 3.8) is 0 Å². The monoisotopic (exact) mass is 487 g/mol. The molecule has 0 saturated carbocycles. The number of amides is 1. The van der Waals surface area contributed by atoms with Crippen molar-refractivity contribution in [3.8, 4) is 11.5 Å². The highest BCUT2D eigenvalue weighted by molar-refractivity contribution is 7.85. The molecule has 33 heavy (non-hydrogen) atoms. The van der Waals surface area contributed by atoms with Crippen LogP contribution < -0.4 is 9.47 Å². The van der Waals surface area contributed by atoms with Gasteiger partial charge in [0.1, 0.15) is 11.5 Å². The Balaban J connectivity index is 1.87. The van der Waals surface area contributed by atoms with Crippen LogP contribution in [0.1, 0.15) is 28.8 Å². The van der Waals surface area contributed by atoms with Crippen molar-refractivity contribution in [3.05, 3.63) is 59.7 Å². The highest BCUT2D eigenvalue weighted by Gasteiger charge is 2.42. The largest absolute Gasteiger partial charge is 0.573 e. The first-order chi connectivity index (χ1) is 15.4. The minimum absolute atomic E-state index is 0.0597. The third-order valence-electron chi connectivity index (χ3n) is 5.54. The molecular weight excluding hydrogens is 463 g/mol. The molecule has 11 heteroatoms. The molecular formula is C22H24F3NO6S. The molecule has 0 bridgehead atoms. The number of hydrogen-bond acceptors (Lipinski definition) is 6. The molecule has 0 N–H and O–H groups in total. The van der Waals surface area contributed by atoms with Gasteiger partial charge in [-0.25, -0.2) is 0 Å². The fraction of sp³-hybridized carbons (Fsp3) is 0.409. The summed E-state index contributed by atoms with van der Waals surface area (Å²) in [7, 11) is -2.31. The van der Waals surface area contributed by atoms with Crippen molar-refractivity contribution in [1.29, 1.82) is 0 Å². The zero-order valence-corrected chi connectivity index (χ0v) is 18.9. The summed E-state index contributed by atoms with van der Waals surface area (Å²) in [5.74, 6) is -0.921. The molecule has 0 spiro atoms. The molecule has 1 fully saturated rings. The molecule has 1 amide bonds. The van der Waals surface area contributed by atoms with E-state index in [4.69, 9.17) is 8.92 Å². The third-order valence-corrected chi connectivity index (χ3v) is 6.13. The molecule has 1 heterocycles. The molecule has 2 aromatic carbocycles. The highest BCUT2D eigenvalue weighted by atomic mass is 32.2. The Morgan fingerprint density at radius 2 is 1.85 bits per heavy atom. The Kier molecular flexibility index (Phi) is 7.23. The maximum Gasteiger partial charge on any atom is 0.573 e. The van der Waals surface area contributed by atoms with E-state index in [1.54, 1.807) is 0 Å². The third kappa shape index (κ3) is 6.38. The van der Waals surface area contributed by atoms with Gasteiger partial charge in [0.05, 0.1) is 25.5 Å². The molecule has 180 valence electrons. The van der Waals surface area contributed by atoms with Gasteiger partial charge in [-0.05, 0) is 36.6 Å². The second-order valence-corrected chi connectivity index (χ2v) is 9.45. The number of hydrogen-bond donors (Lipinski definition) is 0. The van der Waals surface area contributed by atoms with E-state index in [1.807, 2.05) is 30.3 Å². The van der Waals surface area contributed by atoms with Gasteiger partial charge in [-0.1, -0.05) is 30.3 Å². The van der Waals surface area contributed by atoms with E-state index in [2.05, 4.69) is 4.74 Å². The minimum Gasteiger partial charge on any atom is -0.496 e. The molecule has 0 radical (unpaired) electrons. The van der Waals surface area contributed by atoms with Crippen LogP contribution in [0.3, 0.4) is 0 Å². The molecule has 1 saturated heterocycles. The van der Waals surface area contributed by atoms with Crippen LogP contribution in [0.4, 0.5) is 13.2 Å². The van der Waals surface area contributed by atoms with E-state index in [0.29, 0.717) is 19.4 Å². The zero-order valence-electron chi connectivity index (χ0n) is 18.1. The molecule has 1 aliphatic heterocycles. The lowest BCUT2D eigenvalue weighted by atomic mass is 9.77. The minimum atomic E-state index is -4.90. The number of nitrogens with zero attached hydrogens (tertiary/aromatic N) is 1. The quantitative estimate of drug-likeness (QED) is 0.528. The van der Waals surface area contributed by atoms with Gasteiger partial charge in [0, 0.05) is 18.5 Å². The lowest BCUT2D eigenvalue weighted by Gasteiger charge is -2.30. The number of benzene rings is 2. The number of methoxy groups -OCH3 is 1. The van der Waals surface area contributed by atoms with Crippen molar-refractivity contribution in [2.24, 2.45) is 0 Å². The standard InChI is InChI=1S/C22H24F3NO6S/c1-30-19-9-8-17(32-22(23,24)25)14-18(19)20(27)26-12-10-21(15-26,11-13-31-33(2,28)29)16-6-4-3-5-7-16/h3-9,14H,10-13,15H2,1-2H3. The van der Waals surface area contributed by atoms with Gasteiger partial charge in [-0.15, -0.1) is 13.2 Å². The Hall–Kier alpha value is -2.79. The first kappa shape index (κ1) is 24.8. The van der Waals surface area contributed by atoms with Gasteiger partial charge in [0.2, 0.25) is 0 Å². The van der Waals surface area contributed by atoms with Crippen molar-refractivity contribution in [1.82, 2.24) is 4.90 Å². The van der Waals surface area contributed by atoms with Crippen LogP contribution in [0.5, 0.6) is 11.5 Å². The summed E-state index contributed by atoms with van der Waals surface area (Å²) < 4.78 is 74.8. The molecule has 7 nitrogen and oxygen atoms in total. The van der Waals surface area contributed by atoms with Gasteiger partial charge in [-0.2, -0.15) is 8.42 Å². The summed E-state index contributed by atoms with van der Waals surface area (Å²) in [5, 5.41) is 0. The fourth-order valence-electron chi connectivity index (χ4n) is 4.03. The van der Waals surface area contributed by atoms with Crippen LogP contribution in [0.2, 0.25) is 0 Å². The molecule has 1 atom stereocenters. The summed E-state index contributed by atoms with van der Waals surface area (Å²) in [6.07, 6.45) is -3.07. The highest BCUT2D eigenvalue weighted by Crippen LogP contribution is 2.39. The van der Waals surface area contributed by atoms with Gasteiger partial charge in [0.25, 0.3) is 16.0 Å². The lowest BCUT2D eigenvalue weighted by Crippen LogP contribution is -2.35. The maximum absolute atomic E-state index is 13.3. The second kappa shape index (κ2) is 9.60. The van der Waals surface area contributed by atoms with Crippen molar-refractivity contribution in [2.45, 2.75) is 24.6 Å². The van der Waals surface area contributed by atoms with E-state index in [9.17, 15) is 26.4 Å². The Morgan fingerprint density at radius 1 is 1.15 bits per heavy atom. The number of carbonyl (C=O) groups is 1. The Bertz CT molecular complexity index is 1090. The summed E-state index contributed by atoms with van der Waals surface area (Å²) >= 11 is 0. The fourth-order valence-corrected chi connectivity index (χ4v) is 4.42. The predicted molar refractivity (Wildman–Crippen MR) is 114 cm³/mol. The number of halogens is 3. The summed E-state index contributed by atoms with van der Waals surface area (Å²) in [6, 6.07) is 12.7. The van der Waals surface area contributed by atoms with Gasteiger partial charge < -0.3 is 14.4 Å². The summed E-state index contributed by atoms with van der Waals surface area (Å²) in [6.45, 7) is 0.491. The normalized spacial score (nSPS) is 18.9. The van der Waals surface area contributed by atoms with Crippen molar-refractivity contribution >= 4 is 16.0 Å². The van der Waals surface area contributed by atoms with Crippen molar-refractivity contribution in [2.75, 3.05) is 33.1 Å². The van der Waals surface area contributed by atoms with Crippen LogP contribution in [-0.2, 0) is 19.7 Å². The molecule has 3 rings (SSSR count). The van der Waals surface area contributed by atoms with Crippen molar-refractivity contribution < 1.29 is 40.0 Å². The van der Waals surface area contributed by atoms with Crippen LogP contribution >= 0.6 is 0 Å². The van der Waals surface area contributed by atoms with E-state index in [-0.39, 0.29) is 24.5 Å². The Morgan fingerprint density at radius 3 is 2.45 bits per heavy atom. The number of likely N-dealkylation sites (tertiary alicyclic amines) is 1. The second-order valence-electron chi connectivity index (χ2n) is 7.81. The van der Waals surface area contributed by atoms with Crippen LogP contribution in [0.15, 0.2) is 48.5 Å². The first-order valence-corrected chi connectivity index (χ1v) is 11.9. The number of ether oxygens (including phenoxy) is 2. The average Bonchev–Trinajstić information content (AvgIpc) is 3.17. The molecule has 0 aromatic heterocycles. The summed E-state index contributed by atoms with van der Waals surface area (Å²) in [4.78, 5) is 14.8. The number of carbonyl (C=O) groups excluding carboxylic acids is 1. The maximum atomic E-state index is 13.3. The molecule has 1 aliphatic rings. The van der Waals surface area contributed by atoms with Crippen LogP contribution in [0, 0.1) is 0 Å². The van der Waals surface area contributed by atoms with Crippen LogP contribution in [0.25, 0.3) is 0 Å². The Labute approximate surface area is 190 Å². The first-order valence-electron chi connectivity index (χ1n) is 10.1. The predicted octanol–water partition coefficient (Wildman–Crippen LogP) is 3.74. The van der Waals surface area contributed by atoms with E-state index < -0.39 is 33.6 Å². The lowest BCUT2D eigenvalue weighted by molar-refractivity contribution is -0.274. The van der Waals surface area contributed by atoms with Gasteiger partial charge >= 0.3 is 6.36 Å². The zero-order chi connectivity index (χ0) is 24.3.